The fraction of sp³-hybridized carbons (Fsp3) is 0.421. The van der Waals surface area contributed by atoms with E-state index in [0.717, 1.165) is 17.3 Å². The zero-order chi connectivity index (χ0) is 16.2. The lowest BCUT2D eigenvalue weighted by Gasteiger charge is -2.31. The number of thiocarbonyl (C=S) groups is 1. The Labute approximate surface area is 148 Å². The molecule has 0 spiro atoms. The Morgan fingerprint density at radius 2 is 2.00 bits per heavy atom. The fourth-order valence-corrected chi connectivity index (χ4v) is 4.20. The minimum absolute atomic E-state index is 0.573. The molecule has 1 fully saturated rings. The van der Waals surface area contributed by atoms with Crippen LogP contribution in [0.2, 0.25) is 0 Å². The van der Waals surface area contributed by atoms with Gasteiger partial charge in [0.05, 0.1) is 6.54 Å². The number of anilines is 1. The second-order valence-electron chi connectivity index (χ2n) is 6.37. The first-order valence-corrected chi connectivity index (χ1v) is 9.59. The summed E-state index contributed by atoms with van der Waals surface area (Å²) in [5, 5.41) is 6.46. The number of thiophene rings is 1. The van der Waals surface area contributed by atoms with Gasteiger partial charge >= 0.3 is 0 Å². The molecule has 0 amide bonds. The average Bonchev–Trinajstić information content (AvgIpc) is 3.21. The molecule has 0 aliphatic heterocycles. The van der Waals surface area contributed by atoms with E-state index in [2.05, 4.69) is 59.8 Å². The predicted octanol–water partition coefficient (Wildman–Crippen LogP) is 5.51. The molecular weight excluding hydrogens is 320 g/mol. The van der Waals surface area contributed by atoms with E-state index >= 15 is 0 Å². The molecule has 0 bridgehead atoms. The van der Waals surface area contributed by atoms with Crippen LogP contribution in [0.25, 0.3) is 0 Å². The van der Waals surface area contributed by atoms with Gasteiger partial charge in [-0.2, -0.15) is 0 Å². The third-order valence-electron chi connectivity index (χ3n) is 4.69. The number of hydrogen-bond acceptors (Lipinski definition) is 2. The third-order valence-corrected chi connectivity index (χ3v) is 5.89. The largest absolute Gasteiger partial charge is 0.341 e. The molecule has 1 aliphatic rings. The molecule has 3 rings (SSSR count). The summed E-state index contributed by atoms with van der Waals surface area (Å²) in [5.74, 6) is 0. The maximum atomic E-state index is 5.76. The topological polar surface area (TPSA) is 15.3 Å². The normalized spacial score (nSPS) is 14.9. The smallest absolute Gasteiger partial charge is 0.174 e. The van der Waals surface area contributed by atoms with Crippen LogP contribution in [-0.2, 0) is 6.54 Å². The van der Waals surface area contributed by atoms with E-state index in [1.54, 1.807) is 0 Å². The van der Waals surface area contributed by atoms with Crippen LogP contribution in [0.3, 0.4) is 0 Å². The summed E-state index contributed by atoms with van der Waals surface area (Å²) in [5.41, 5.74) is 3.70. The Morgan fingerprint density at radius 3 is 2.65 bits per heavy atom. The van der Waals surface area contributed by atoms with Crippen LogP contribution in [0.1, 0.15) is 41.7 Å². The second-order valence-corrected chi connectivity index (χ2v) is 7.79. The van der Waals surface area contributed by atoms with Gasteiger partial charge in [0.25, 0.3) is 0 Å². The molecule has 0 saturated heterocycles. The summed E-state index contributed by atoms with van der Waals surface area (Å²) in [7, 11) is 0. The number of nitrogens with zero attached hydrogens (tertiary/aromatic N) is 1. The molecule has 1 aliphatic carbocycles. The molecular formula is C19H24N2S2. The molecule has 0 radical (unpaired) electrons. The second kappa shape index (κ2) is 7.45. The van der Waals surface area contributed by atoms with Crippen LogP contribution in [0.15, 0.2) is 35.7 Å². The molecule has 122 valence electrons. The zero-order valence-corrected chi connectivity index (χ0v) is 15.5. The van der Waals surface area contributed by atoms with Gasteiger partial charge in [-0.3, -0.25) is 0 Å². The first kappa shape index (κ1) is 16.5. The maximum Gasteiger partial charge on any atom is 0.174 e. The van der Waals surface area contributed by atoms with Gasteiger partial charge in [-0.05, 0) is 73.6 Å². The Bertz CT molecular complexity index is 658. The highest BCUT2D eigenvalue weighted by atomic mass is 32.1. The highest BCUT2D eigenvalue weighted by molar-refractivity contribution is 7.80. The summed E-state index contributed by atoms with van der Waals surface area (Å²) in [4.78, 5) is 3.77. The summed E-state index contributed by atoms with van der Waals surface area (Å²) in [6.45, 7) is 5.20. The van der Waals surface area contributed by atoms with Crippen molar-refractivity contribution >= 4 is 34.4 Å². The summed E-state index contributed by atoms with van der Waals surface area (Å²) in [6.07, 6.45) is 5.13. The standard InChI is InChI=1S/C19H24N2S2/c1-14-9-10-16(12-15(14)2)20-19(22)21(17-6-3-4-7-17)13-18-8-5-11-23-18/h5,8-12,17H,3-4,6-7,13H2,1-2H3,(H,20,22). The van der Waals surface area contributed by atoms with Crippen molar-refractivity contribution in [1.29, 1.82) is 0 Å². The first-order valence-electron chi connectivity index (χ1n) is 8.31. The van der Waals surface area contributed by atoms with Crippen LogP contribution in [-0.4, -0.2) is 16.1 Å². The minimum atomic E-state index is 0.573. The first-order chi connectivity index (χ1) is 11.1. The molecule has 4 heteroatoms. The Hall–Kier alpha value is -1.39. The number of rotatable bonds is 4. The Balaban J connectivity index is 1.74. The van der Waals surface area contributed by atoms with E-state index in [1.165, 1.54) is 41.7 Å². The average molecular weight is 345 g/mol. The maximum absolute atomic E-state index is 5.76. The Kier molecular flexibility index (Phi) is 5.34. The van der Waals surface area contributed by atoms with E-state index in [1.807, 2.05) is 11.3 Å². The van der Waals surface area contributed by atoms with Gasteiger partial charge in [-0.1, -0.05) is 25.0 Å². The molecule has 23 heavy (non-hydrogen) atoms. The van der Waals surface area contributed by atoms with Crippen molar-refractivity contribution in [3.05, 3.63) is 51.7 Å². The predicted molar refractivity (Wildman–Crippen MR) is 104 cm³/mol. The van der Waals surface area contributed by atoms with E-state index in [4.69, 9.17) is 12.2 Å². The van der Waals surface area contributed by atoms with Crippen molar-refractivity contribution in [2.24, 2.45) is 0 Å². The fourth-order valence-electron chi connectivity index (χ4n) is 3.17. The molecule has 2 aromatic rings. The van der Waals surface area contributed by atoms with Crippen molar-refractivity contribution in [3.8, 4) is 0 Å². The van der Waals surface area contributed by atoms with E-state index < -0.39 is 0 Å². The lowest BCUT2D eigenvalue weighted by molar-refractivity contribution is 0.314. The van der Waals surface area contributed by atoms with Crippen molar-refractivity contribution in [2.45, 2.75) is 52.1 Å². The van der Waals surface area contributed by atoms with Crippen molar-refractivity contribution in [3.63, 3.8) is 0 Å². The van der Waals surface area contributed by atoms with Gasteiger partial charge in [-0.25, -0.2) is 0 Å². The molecule has 0 unspecified atom stereocenters. The minimum Gasteiger partial charge on any atom is -0.341 e. The zero-order valence-electron chi connectivity index (χ0n) is 13.8. The van der Waals surface area contributed by atoms with Crippen molar-refractivity contribution in [1.82, 2.24) is 4.90 Å². The van der Waals surface area contributed by atoms with E-state index in [0.29, 0.717) is 6.04 Å². The van der Waals surface area contributed by atoms with Crippen LogP contribution >= 0.6 is 23.6 Å². The highest BCUT2D eigenvalue weighted by Crippen LogP contribution is 2.27. The van der Waals surface area contributed by atoms with Crippen molar-refractivity contribution < 1.29 is 0 Å². The molecule has 1 N–H and O–H groups in total. The molecule has 2 nitrogen and oxygen atoms in total. The van der Waals surface area contributed by atoms with Crippen molar-refractivity contribution in [2.75, 3.05) is 5.32 Å². The van der Waals surface area contributed by atoms with Crippen LogP contribution < -0.4 is 5.32 Å². The summed E-state index contributed by atoms with van der Waals surface area (Å²) < 4.78 is 0. The SMILES string of the molecule is Cc1ccc(NC(=S)N(Cc2cccs2)C2CCCC2)cc1C. The van der Waals surface area contributed by atoms with Gasteiger partial charge in [0.15, 0.2) is 5.11 Å². The monoisotopic (exact) mass is 344 g/mol. The van der Waals surface area contributed by atoms with Gasteiger partial charge in [0, 0.05) is 16.6 Å². The Morgan fingerprint density at radius 1 is 1.22 bits per heavy atom. The van der Waals surface area contributed by atoms with E-state index in [-0.39, 0.29) is 0 Å². The quantitative estimate of drug-likeness (QED) is 0.737. The summed E-state index contributed by atoms with van der Waals surface area (Å²) >= 11 is 7.57. The molecule has 0 atom stereocenters. The van der Waals surface area contributed by atoms with E-state index in [9.17, 15) is 0 Å². The molecule has 1 heterocycles. The van der Waals surface area contributed by atoms with Crippen LogP contribution in [0.5, 0.6) is 0 Å². The van der Waals surface area contributed by atoms with Gasteiger partial charge < -0.3 is 10.2 Å². The lowest BCUT2D eigenvalue weighted by Crippen LogP contribution is -2.40. The van der Waals surface area contributed by atoms with Gasteiger partial charge in [-0.15, -0.1) is 11.3 Å². The highest BCUT2D eigenvalue weighted by Gasteiger charge is 2.25. The van der Waals surface area contributed by atoms with Gasteiger partial charge in [0.2, 0.25) is 0 Å². The lowest BCUT2D eigenvalue weighted by atomic mass is 10.1. The molecule has 1 aromatic heterocycles. The summed E-state index contributed by atoms with van der Waals surface area (Å²) in [6, 6.07) is 11.3. The molecule has 1 aromatic carbocycles. The third kappa shape index (κ3) is 4.12. The number of hydrogen-bond donors (Lipinski definition) is 1. The number of nitrogens with one attached hydrogen (secondary N) is 1. The molecule has 1 saturated carbocycles. The number of aryl methyl sites for hydroxylation is 2. The van der Waals surface area contributed by atoms with Gasteiger partial charge in [0.1, 0.15) is 0 Å². The van der Waals surface area contributed by atoms with Crippen LogP contribution in [0, 0.1) is 13.8 Å². The number of benzene rings is 1. The van der Waals surface area contributed by atoms with Crippen LogP contribution in [0.4, 0.5) is 5.69 Å².